The van der Waals surface area contributed by atoms with E-state index < -0.39 is 5.97 Å². The van der Waals surface area contributed by atoms with Gasteiger partial charge in [0.1, 0.15) is 0 Å². The molecule has 0 heterocycles. The van der Waals surface area contributed by atoms with E-state index in [1.54, 1.807) is 36.1 Å². The number of carbonyl (C=O) groups is 2. The quantitative estimate of drug-likeness (QED) is 0.461. The van der Waals surface area contributed by atoms with Crippen molar-refractivity contribution in [3.8, 4) is 5.75 Å². The summed E-state index contributed by atoms with van der Waals surface area (Å²) >= 11 is 0. The average molecular weight is 321 g/mol. The SMILES string of the molecule is C=CC(=O)Oc1ccccc1N(Cc1ccccc1)C(=O)C(=C)C. The standard InChI is InChI=1S/C20H19NO3/c1-4-19(22)24-18-13-9-8-12-17(18)21(20(23)15(2)3)14-16-10-6-5-7-11-16/h4-13H,1-2,14H2,3H3. The van der Waals surface area contributed by atoms with Crippen molar-refractivity contribution in [1.29, 1.82) is 0 Å². The molecule has 2 aromatic rings. The molecule has 0 aromatic heterocycles. The molecule has 0 N–H and O–H groups in total. The largest absolute Gasteiger partial charge is 0.421 e. The number of carbonyl (C=O) groups excluding carboxylic acids is 2. The van der Waals surface area contributed by atoms with Gasteiger partial charge in [0.2, 0.25) is 0 Å². The number of ether oxygens (including phenoxy) is 1. The number of benzene rings is 2. The van der Waals surface area contributed by atoms with Gasteiger partial charge in [-0.15, -0.1) is 0 Å². The van der Waals surface area contributed by atoms with E-state index >= 15 is 0 Å². The van der Waals surface area contributed by atoms with E-state index in [-0.39, 0.29) is 5.91 Å². The Morgan fingerprint density at radius 3 is 2.33 bits per heavy atom. The second kappa shape index (κ2) is 7.92. The molecule has 0 radical (unpaired) electrons. The van der Waals surface area contributed by atoms with Crippen LogP contribution in [0.1, 0.15) is 12.5 Å². The van der Waals surface area contributed by atoms with E-state index in [1.807, 2.05) is 30.3 Å². The lowest BCUT2D eigenvalue weighted by molar-refractivity contribution is -0.129. The first-order valence-electron chi connectivity index (χ1n) is 7.47. The molecule has 4 heteroatoms. The van der Waals surface area contributed by atoms with Crippen LogP contribution in [0.3, 0.4) is 0 Å². The number of para-hydroxylation sites is 2. The summed E-state index contributed by atoms with van der Waals surface area (Å²) in [6.45, 7) is 9.12. The van der Waals surface area contributed by atoms with Crippen molar-refractivity contribution in [2.24, 2.45) is 0 Å². The molecule has 0 aliphatic carbocycles. The van der Waals surface area contributed by atoms with Crippen molar-refractivity contribution >= 4 is 17.6 Å². The summed E-state index contributed by atoms with van der Waals surface area (Å²) in [6.07, 6.45) is 1.08. The molecule has 0 unspecified atom stereocenters. The Hall–Kier alpha value is -3.14. The summed E-state index contributed by atoms with van der Waals surface area (Å²) in [5.41, 5.74) is 1.86. The number of rotatable bonds is 6. The highest BCUT2D eigenvalue weighted by molar-refractivity contribution is 6.05. The molecule has 0 saturated heterocycles. The lowest BCUT2D eigenvalue weighted by atomic mass is 10.1. The topological polar surface area (TPSA) is 46.6 Å². The van der Waals surface area contributed by atoms with Crippen LogP contribution in [0.5, 0.6) is 5.75 Å². The molecule has 24 heavy (non-hydrogen) atoms. The fourth-order valence-corrected chi connectivity index (χ4v) is 2.18. The first-order chi connectivity index (χ1) is 11.5. The van der Waals surface area contributed by atoms with E-state index in [1.165, 1.54) is 0 Å². The monoisotopic (exact) mass is 321 g/mol. The number of hydrogen-bond acceptors (Lipinski definition) is 3. The van der Waals surface area contributed by atoms with Crippen molar-refractivity contribution in [1.82, 2.24) is 0 Å². The fraction of sp³-hybridized carbons (Fsp3) is 0.100. The molecule has 0 aliphatic heterocycles. The zero-order chi connectivity index (χ0) is 17.5. The molecule has 0 saturated carbocycles. The average Bonchev–Trinajstić information content (AvgIpc) is 2.60. The molecule has 122 valence electrons. The van der Waals surface area contributed by atoms with Crippen LogP contribution in [0.4, 0.5) is 5.69 Å². The van der Waals surface area contributed by atoms with Gasteiger partial charge < -0.3 is 9.64 Å². The minimum Gasteiger partial charge on any atom is -0.421 e. The minimum absolute atomic E-state index is 0.235. The molecule has 2 aromatic carbocycles. The van der Waals surface area contributed by atoms with Crippen molar-refractivity contribution in [3.63, 3.8) is 0 Å². The molecule has 0 bridgehead atoms. The van der Waals surface area contributed by atoms with Crippen molar-refractivity contribution in [2.45, 2.75) is 13.5 Å². The number of hydrogen-bond donors (Lipinski definition) is 0. The molecule has 1 amide bonds. The number of anilines is 1. The maximum atomic E-state index is 12.6. The normalized spacial score (nSPS) is 9.88. The Bertz CT molecular complexity index is 765. The first kappa shape index (κ1) is 17.2. The van der Waals surface area contributed by atoms with Gasteiger partial charge in [-0.1, -0.05) is 55.6 Å². The second-order valence-corrected chi connectivity index (χ2v) is 5.25. The maximum absolute atomic E-state index is 12.6. The molecular formula is C20H19NO3. The Labute approximate surface area is 141 Å². The smallest absolute Gasteiger partial charge is 0.335 e. The van der Waals surface area contributed by atoms with Crippen molar-refractivity contribution in [3.05, 3.63) is 85.0 Å². The van der Waals surface area contributed by atoms with Crippen molar-refractivity contribution < 1.29 is 14.3 Å². The van der Waals surface area contributed by atoms with Crippen LogP contribution in [0.15, 0.2) is 79.4 Å². The summed E-state index contributed by atoms with van der Waals surface area (Å²) in [5.74, 6) is -0.515. The minimum atomic E-state index is -0.579. The molecule has 0 aliphatic rings. The number of amides is 1. The predicted octanol–water partition coefficient (Wildman–Crippen LogP) is 3.89. The number of esters is 1. The Morgan fingerprint density at radius 1 is 1.08 bits per heavy atom. The summed E-state index contributed by atoms with van der Waals surface area (Å²) < 4.78 is 5.26. The molecule has 0 spiro atoms. The van der Waals surface area contributed by atoms with Gasteiger partial charge in [-0.3, -0.25) is 4.79 Å². The molecule has 0 atom stereocenters. The van der Waals surface area contributed by atoms with E-state index in [0.29, 0.717) is 23.6 Å². The lowest BCUT2D eigenvalue weighted by Gasteiger charge is -2.25. The maximum Gasteiger partial charge on any atom is 0.335 e. The lowest BCUT2D eigenvalue weighted by Crippen LogP contribution is -2.31. The predicted molar refractivity (Wildman–Crippen MR) is 94.7 cm³/mol. The third-order valence-electron chi connectivity index (χ3n) is 3.33. The van der Waals surface area contributed by atoms with Gasteiger partial charge in [-0.2, -0.15) is 0 Å². The number of nitrogens with zero attached hydrogens (tertiary/aromatic N) is 1. The summed E-state index contributed by atoms with van der Waals surface area (Å²) in [6, 6.07) is 16.5. The zero-order valence-electron chi connectivity index (χ0n) is 13.6. The highest BCUT2D eigenvalue weighted by Crippen LogP contribution is 2.30. The van der Waals surface area contributed by atoms with Gasteiger partial charge in [-0.05, 0) is 24.6 Å². The van der Waals surface area contributed by atoms with E-state index in [2.05, 4.69) is 13.2 Å². The highest BCUT2D eigenvalue weighted by Gasteiger charge is 2.21. The van der Waals surface area contributed by atoms with Gasteiger partial charge in [0.25, 0.3) is 5.91 Å². The molecule has 2 rings (SSSR count). The highest BCUT2D eigenvalue weighted by atomic mass is 16.5. The van der Waals surface area contributed by atoms with Gasteiger partial charge >= 0.3 is 5.97 Å². The van der Waals surface area contributed by atoms with Gasteiger partial charge in [-0.25, -0.2) is 4.79 Å². The van der Waals surface area contributed by atoms with Crippen LogP contribution in [-0.4, -0.2) is 11.9 Å². The first-order valence-corrected chi connectivity index (χ1v) is 7.47. The van der Waals surface area contributed by atoms with Crippen molar-refractivity contribution in [2.75, 3.05) is 4.90 Å². The molecule has 4 nitrogen and oxygen atoms in total. The van der Waals surface area contributed by atoms with Gasteiger partial charge in [0.15, 0.2) is 5.75 Å². The Kier molecular flexibility index (Phi) is 5.68. The molecular weight excluding hydrogens is 302 g/mol. The van der Waals surface area contributed by atoms with Crippen LogP contribution in [0, 0.1) is 0 Å². The second-order valence-electron chi connectivity index (χ2n) is 5.25. The van der Waals surface area contributed by atoms with E-state index in [0.717, 1.165) is 11.6 Å². The van der Waals surface area contributed by atoms with Crippen LogP contribution >= 0.6 is 0 Å². The summed E-state index contributed by atoms with van der Waals surface area (Å²) in [5, 5.41) is 0. The fourth-order valence-electron chi connectivity index (χ4n) is 2.18. The van der Waals surface area contributed by atoms with Crippen LogP contribution in [-0.2, 0) is 16.1 Å². The van der Waals surface area contributed by atoms with E-state index in [9.17, 15) is 9.59 Å². The Balaban J connectivity index is 2.43. The summed E-state index contributed by atoms with van der Waals surface area (Å²) in [7, 11) is 0. The summed E-state index contributed by atoms with van der Waals surface area (Å²) in [4.78, 5) is 25.7. The van der Waals surface area contributed by atoms with Crippen LogP contribution in [0.2, 0.25) is 0 Å². The Morgan fingerprint density at radius 2 is 1.71 bits per heavy atom. The van der Waals surface area contributed by atoms with Crippen LogP contribution in [0.25, 0.3) is 0 Å². The van der Waals surface area contributed by atoms with E-state index in [4.69, 9.17) is 4.74 Å². The third kappa shape index (κ3) is 4.20. The van der Waals surface area contributed by atoms with Crippen LogP contribution < -0.4 is 9.64 Å². The van der Waals surface area contributed by atoms with Gasteiger partial charge in [0.05, 0.1) is 12.2 Å². The zero-order valence-corrected chi connectivity index (χ0v) is 13.6. The third-order valence-corrected chi connectivity index (χ3v) is 3.33. The molecule has 0 fully saturated rings. The van der Waals surface area contributed by atoms with Gasteiger partial charge in [0, 0.05) is 11.6 Å².